The van der Waals surface area contributed by atoms with E-state index >= 15 is 0 Å². The van der Waals surface area contributed by atoms with Gasteiger partial charge in [0.25, 0.3) is 0 Å². The molecule has 6 heteroatoms. The van der Waals surface area contributed by atoms with Gasteiger partial charge in [0, 0.05) is 55.6 Å². The van der Waals surface area contributed by atoms with Crippen molar-refractivity contribution in [3.8, 4) is 0 Å². The van der Waals surface area contributed by atoms with Crippen LogP contribution in [0.1, 0.15) is 5.56 Å². The Labute approximate surface area is 121 Å². The van der Waals surface area contributed by atoms with E-state index in [9.17, 15) is 4.39 Å². The lowest BCUT2D eigenvalue weighted by Crippen LogP contribution is -2.46. The largest absolute Gasteiger partial charge is 0.399 e. The second kappa shape index (κ2) is 5.76. The predicted molar refractivity (Wildman–Crippen MR) is 80.4 cm³/mol. The molecule has 1 aliphatic heterocycles. The highest BCUT2D eigenvalue weighted by atomic mass is 32.1. The van der Waals surface area contributed by atoms with E-state index in [2.05, 4.69) is 14.8 Å². The highest BCUT2D eigenvalue weighted by Crippen LogP contribution is 2.20. The fraction of sp³-hybridized carbons (Fsp3) is 0.357. The molecule has 1 fully saturated rings. The molecule has 20 heavy (non-hydrogen) atoms. The molecule has 106 valence electrons. The number of benzene rings is 1. The Balaban J connectivity index is 1.58. The van der Waals surface area contributed by atoms with Crippen molar-refractivity contribution in [2.24, 2.45) is 0 Å². The summed E-state index contributed by atoms with van der Waals surface area (Å²) in [5.41, 5.74) is 6.75. The van der Waals surface area contributed by atoms with Crippen LogP contribution in [0.15, 0.2) is 29.8 Å². The Morgan fingerprint density at radius 1 is 1.25 bits per heavy atom. The van der Waals surface area contributed by atoms with Gasteiger partial charge in [-0.25, -0.2) is 9.37 Å². The minimum absolute atomic E-state index is 0.215. The van der Waals surface area contributed by atoms with Crippen molar-refractivity contribution in [2.45, 2.75) is 6.54 Å². The van der Waals surface area contributed by atoms with Crippen LogP contribution in [0.2, 0.25) is 0 Å². The van der Waals surface area contributed by atoms with Crippen LogP contribution in [-0.4, -0.2) is 36.1 Å². The summed E-state index contributed by atoms with van der Waals surface area (Å²) >= 11 is 1.66. The zero-order chi connectivity index (χ0) is 13.9. The zero-order valence-corrected chi connectivity index (χ0v) is 11.9. The number of nitrogens with two attached hydrogens (primary N) is 1. The fourth-order valence-corrected chi connectivity index (χ4v) is 3.10. The third kappa shape index (κ3) is 2.91. The Kier molecular flexibility index (Phi) is 3.84. The summed E-state index contributed by atoms with van der Waals surface area (Å²) in [7, 11) is 0. The topological polar surface area (TPSA) is 45.4 Å². The van der Waals surface area contributed by atoms with Crippen molar-refractivity contribution in [1.29, 1.82) is 0 Å². The molecule has 0 amide bonds. The minimum atomic E-state index is -0.215. The van der Waals surface area contributed by atoms with E-state index in [1.165, 1.54) is 6.07 Å². The van der Waals surface area contributed by atoms with Crippen molar-refractivity contribution in [3.05, 3.63) is 41.2 Å². The first-order chi connectivity index (χ1) is 9.72. The Morgan fingerprint density at radius 2 is 2.05 bits per heavy atom. The predicted octanol–water partition coefficient (Wildman–Crippen LogP) is 2.19. The summed E-state index contributed by atoms with van der Waals surface area (Å²) in [6.07, 6.45) is 1.83. The average molecular weight is 292 g/mol. The molecular formula is C14H17FN4S. The maximum Gasteiger partial charge on any atom is 0.185 e. The molecule has 1 aromatic heterocycles. The van der Waals surface area contributed by atoms with Crippen LogP contribution in [0.25, 0.3) is 0 Å². The van der Waals surface area contributed by atoms with Gasteiger partial charge in [-0.15, -0.1) is 11.3 Å². The van der Waals surface area contributed by atoms with Gasteiger partial charge >= 0.3 is 0 Å². The number of piperazine rings is 1. The first kappa shape index (κ1) is 13.3. The molecular weight excluding hydrogens is 275 g/mol. The van der Waals surface area contributed by atoms with Crippen molar-refractivity contribution in [2.75, 3.05) is 36.8 Å². The molecule has 0 saturated carbocycles. The third-order valence-electron chi connectivity index (χ3n) is 3.53. The summed E-state index contributed by atoms with van der Waals surface area (Å²) in [4.78, 5) is 8.87. The number of nitrogen functional groups attached to an aromatic ring is 1. The summed E-state index contributed by atoms with van der Waals surface area (Å²) in [5, 5.41) is 3.06. The standard InChI is InChI=1S/C14H17FN4S/c15-13-9-12(16)2-1-11(13)10-18-4-6-19(7-5-18)14-17-3-8-20-14/h1-3,8-9H,4-7,10,16H2. The van der Waals surface area contributed by atoms with Crippen molar-refractivity contribution in [3.63, 3.8) is 0 Å². The molecule has 0 bridgehead atoms. The molecule has 1 aliphatic rings. The summed E-state index contributed by atoms with van der Waals surface area (Å²) in [5.74, 6) is -0.215. The second-order valence-corrected chi connectivity index (χ2v) is 5.80. The van der Waals surface area contributed by atoms with Crippen molar-refractivity contribution < 1.29 is 4.39 Å². The monoisotopic (exact) mass is 292 g/mol. The number of hydrogen-bond acceptors (Lipinski definition) is 5. The highest BCUT2D eigenvalue weighted by molar-refractivity contribution is 7.13. The van der Waals surface area contributed by atoms with Crippen molar-refractivity contribution >= 4 is 22.2 Å². The molecule has 1 saturated heterocycles. The third-order valence-corrected chi connectivity index (χ3v) is 4.37. The fourth-order valence-electron chi connectivity index (χ4n) is 2.40. The molecule has 0 radical (unpaired) electrons. The van der Waals surface area contributed by atoms with Gasteiger partial charge in [0.1, 0.15) is 5.82 Å². The number of nitrogens with zero attached hydrogens (tertiary/aromatic N) is 3. The number of rotatable bonds is 3. The lowest BCUT2D eigenvalue weighted by Gasteiger charge is -2.34. The summed E-state index contributed by atoms with van der Waals surface area (Å²) < 4.78 is 13.8. The molecule has 2 N–H and O–H groups in total. The second-order valence-electron chi connectivity index (χ2n) is 4.93. The molecule has 1 aromatic carbocycles. The Morgan fingerprint density at radius 3 is 2.70 bits per heavy atom. The normalized spacial score (nSPS) is 16.6. The van der Waals surface area contributed by atoms with Gasteiger partial charge in [0.2, 0.25) is 0 Å². The maximum atomic E-state index is 13.8. The average Bonchev–Trinajstić information content (AvgIpc) is 2.97. The molecule has 0 aliphatic carbocycles. The quantitative estimate of drug-likeness (QED) is 0.881. The maximum absolute atomic E-state index is 13.8. The van der Waals surface area contributed by atoms with Gasteiger partial charge < -0.3 is 10.6 Å². The smallest absolute Gasteiger partial charge is 0.185 e. The molecule has 0 spiro atoms. The highest BCUT2D eigenvalue weighted by Gasteiger charge is 2.19. The van der Waals surface area contributed by atoms with Crippen LogP contribution in [0.5, 0.6) is 0 Å². The van der Waals surface area contributed by atoms with Gasteiger partial charge in [0.15, 0.2) is 5.13 Å². The van der Waals surface area contributed by atoms with E-state index in [1.807, 2.05) is 11.6 Å². The molecule has 4 nitrogen and oxygen atoms in total. The number of halogens is 1. The number of hydrogen-bond donors (Lipinski definition) is 1. The SMILES string of the molecule is Nc1ccc(CN2CCN(c3nccs3)CC2)c(F)c1. The number of thiazole rings is 1. The van der Waals surface area contributed by atoms with Gasteiger partial charge in [0.05, 0.1) is 0 Å². The van der Waals surface area contributed by atoms with Gasteiger partial charge in [-0.3, -0.25) is 4.90 Å². The first-order valence-electron chi connectivity index (χ1n) is 6.63. The van der Waals surface area contributed by atoms with Gasteiger partial charge in [-0.2, -0.15) is 0 Å². The number of anilines is 2. The molecule has 2 aromatic rings. The van der Waals surface area contributed by atoms with Crippen LogP contribution in [0.3, 0.4) is 0 Å². The van der Waals surface area contributed by atoms with Crippen LogP contribution < -0.4 is 10.6 Å². The Bertz CT molecular complexity index is 565. The van der Waals surface area contributed by atoms with E-state index in [-0.39, 0.29) is 5.82 Å². The molecule has 3 rings (SSSR count). The van der Waals surface area contributed by atoms with Crippen LogP contribution in [0, 0.1) is 5.82 Å². The molecule has 0 atom stereocenters. The number of aromatic nitrogens is 1. The van der Waals surface area contributed by atoms with Crippen LogP contribution in [0.4, 0.5) is 15.2 Å². The minimum Gasteiger partial charge on any atom is -0.399 e. The van der Waals surface area contributed by atoms with Crippen LogP contribution in [-0.2, 0) is 6.54 Å². The lowest BCUT2D eigenvalue weighted by molar-refractivity contribution is 0.246. The Hall–Kier alpha value is -1.66. The lowest BCUT2D eigenvalue weighted by atomic mass is 10.1. The van der Waals surface area contributed by atoms with E-state index in [0.717, 1.165) is 31.3 Å². The van der Waals surface area contributed by atoms with Crippen LogP contribution >= 0.6 is 11.3 Å². The van der Waals surface area contributed by atoms with E-state index in [1.54, 1.807) is 23.5 Å². The molecule has 0 unspecified atom stereocenters. The summed E-state index contributed by atoms with van der Waals surface area (Å²) in [6, 6.07) is 4.92. The first-order valence-corrected chi connectivity index (χ1v) is 7.51. The van der Waals surface area contributed by atoms with Gasteiger partial charge in [-0.1, -0.05) is 6.07 Å². The van der Waals surface area contributed by atoms with Gasteiger partial charge in [-0.05, 0) is 12.1 Å². The zero-order valence-electron chi connectivity index (χ0n) is 11.1. The molecule has 2 heterocycles. The summed E-state index contributed by atoms with van der Waals surface area (Å²) in [6.45, 7) is 4.35. The van der Waals surface area contributed by atoms with E-state index in [0.29, 0.717) is 17.8 Å². The van der Waals surface area contributed by atoms with E-state index < -0.39 is 0 Å². The van der Waals surface area contributed by atoms with Crippen molar-refractivity contribution in [1.82, 2.24) is 9.88 Å². The van der Waals surface area contributed by atoms with E-state index in [4.69, 9.17) is 5.73 Å².